The molecule has 118 valence electrons. The molecule has 0 aliphatic heterocycles. The average molecular weight is 297 g/mol. The molecule has 4 heteroatoms. The van der Waals surface area contributed by atoms with Gasteiger partial charge in [-0.1, -0.05) is 13.8 Å². The maximum Gasteiger partial charge on any atom is 0.128 e. The maximum atomic E-state index is 14.0. The van der Waals surface area contributed by atoms with Gasteiger partial charge in [0.2, 0.25) is 0 Å². The summed E-state index contributed by atoms with van der Waals surface area (Å²) in [6.07, 6.45) is 3.48. The summed E-state index contributed by atoms with van der Waals surface area (Å²) in [4.78, 5) is 0. The summed E-state index contributed by atoms with van der Waals surface area (Å²) in [5.41, 5.74) is 6.18. The van der Waals surface area contributed by atoms with Gasteiger partial charge in [0.25, 0.3) is 0 Å². The van der Waals surface area contributed by atoms with Gasteiger partial charge in [-0.25, -0.2) is 8.78 Å². The zero-order valence-corrected chi connectivity index (χ0v) is 13.1. The first-order valence-electron chi connectivity index (χ1n) is 7.64. The molecule has 1 atom stereocenters. The molecule has 2 rings (SSSR count). The molecule has 1 aliphatic rings. The number of benzene rings is 1. The standard InChI is InChI=1S/C17H25F2NO/c1-4-21-17(9-7-16(2,3)8-10-17)15(20)13-11-12(18)5-6-14(13)19/h5-6,11,15H,4,7-10,20H2,1-3H3. The van der Waals surface area contributed by atoms with Crippen molar-refractivity contribution in [2.45, 2.75) is 58.1 Å². The number of nitrogens with two attached hydrogens (primary N) is 1. The van der Waals surface area contributed by atoms with E-state index < -0.39 is 23.3 Å². The van der Waals surface area contributed by atoms with E-state index in [2.05, 4.69) is 13.8 Å². The van der Waals surface area contributed by atoms with Crippen LogP contribution in [0.1, 0.15) is 58.1 Å². The predicted molar refractivity (Wildman–Crippen MR) is 79.9 cm³/mol. The molecule has 1 saturated carbocycles. The van der Waals surface area contributed by atoms with Crippen LogP contribution in [-0.2, 0) is 4.74 Å². The molecule has 1 fully saturated rings. The van der Waals surface area contributed by atoms with Crippen molar-refractivity contribution in [2.75, 3.05) is 6.61 Å². The summed E-state index contributed by atoms with van der Waals surface area (Å²) < 4.78 is 33.4. The Kier molecular flexibility index (Phi) is 4.69. The Morgan fingerprint density at radius 1 is 1.19 bits per heavy atom. The number of halogens is 2. The Hall–Kier alpha value is -1.00. The predicted octanol–water partition coefficient (Wildman–Crippen LogP) is 4.34. The van der Waals surface area contributed by atoms with E-state index in [1.54, 1.807) is 0 Å². The second kappa shape index (κ2) is 6.01. The van der Waals surface area contributed by atoms with Gasteiger partial charge in [0, 0.05) is 12.2 Å². The minimum atomic E-state index is -0.649. The minimum Gasteiger partial charge on any atom is -0.373 e. The highest BCUT2D eigenvalue weighted by atomic mass is 19.1. The van der Waals surface area contributed by atoms with E-state index >= 15 is 0 Å². The topological polar surface area (TPSA) is 35.2 Å². The number of rotatable bonds is 4. The molecule has 1 aromatic carbocycles. The van der Waals surface area contributed by atoms with Gasteiger partial charge in [-0.05, 0) is 56.2 Å². The fourth-order valence-electron chi connectivity index (χ4n) is 3.22. The lowest BCUT2D eigenvalue weighted by Crippen LogP contribution is -2.48. The van der Waals surface area contributed by atoms with Crippen molar-refractivity contribution in [3.8, 4) is 0 Å². The molecule has 1 unspecified atom stereocenters. The number of hydrogen-bond acceptors (Lipinski definition) is 2. The maximum absolute atomic E-state index is 14.0. The van der Waals surface area contributed by atoms with Crippen molar-refractivity contribution in [3.63, 3.8) is 0 Å². The van der Waals surface area contributed by atoms with Crippen LogP contribution < -0.4 is 5.73 Å². The molecule has 0 bridgehead atoms. The smallest absolute Gasteiger partial charge is 0.128 e. The van der Waals surface area contributed by atoms with Gasteiger partial charge >= 0.3 is 0 Å². The molecule has 1 aromatic rings. The van der Waals surface area contributed by atoms with Crippen LogP contribution in [0.3, 0.4) is 0 Å². The van der Waals surface area contributed by atoms with Crippen LogP contribution in [-0.4, -0.2) is 12.2 Å². The molecule has 0 amide bonds. The molecule has 0 spiro atoms. The Labute approximate surface area is 125 Å². The molecule has 1 aliphatic carbocycles. The van der Waals surface area contributed by atoms with E-state index in [-0.39, 0.29) is 11.0 Å². The van der Waals surface area contributed by atoms with Gasteiger partial charge in [-0.3, -0.25) is 0 Å². The number of hydrogen-bond donors (Lipinski definition) is 1. The van der Waals surface area contributed by atoms with E-state index in [0.717, 1.165) is 37.8 Å². The Morgan fingerprint density at radius 2 is 1.81 bits per heavy atom. The lowest BCUT2D eigenvalue weighted by atomic mass is 9.67. The fourth-order valence-corrected chi connectivity index (χ4v) is 3.22. The Morgan fingerprint density at radius 3 is 2.38 bits per heavy atom. The molecule has 2 nitrogen and oxygen atoms in total. The van der Waals surface area contributed by atoms with Gasteiger partial charge < -0.3 is 10.5 Å². The van der Waals surface area contributed by atoms with Gasteiger partial charge in [-0.15, -0.1) is 0 Å². The van der Waals surface area contributed by atoms with Gasteiger partial charge in [0.1, 0.15) is 11.6 Å². The van der Waals surface area contributed by atoms with Crippen molar-refractivity contribution in [1.29, 1.82) is 0 Å². The van der Waals surface area contributed by atoms with Crippen molar-refractivity contribution < 1.29 is 13.5 Å². The lowest BCUT2D eigenvalue weighted by molar-refractivity contribution is -0.101. The fraction of sp³-hybridized carbons (Fsp3) is 0.647. The van der Waals surface area contributed by atoms with E-state index in [1.807, 2.05) is 6.92 Å². The zero-order chi connectivity index (χ0) is 15.7. The molecule has 0 radical (unpaired) electrons. The van der Waals surface area contributed by atoms with Crippen molar-refractivity contribution in [3.05, 3.63) is 35.4 Å². The lowest BCUT2D eigenvalue weighted by Gasteiger charge is -2.46. The van der Waals surface area contributed by atoms with E-state index in [4.69, 9.17) is 10.5 Å². The molecule has 21 heavy (non-hydrogen) atoms. The van der Waals surface area contributed by atoms with Crippen LogP contribution in [0.4, 0.5) is 8.78 Å². The first kappa shape index (κ1) is 16.4. The highest BCUT2D eigenvalue weighted by Crippen LogP contribution is 2.47. The molecule has 0 heterocycles. The molecule has 2 N–H and O–H groups in total. The highest BCUT2D eigenvalue weighted by Gasteiger charge is 2.44. The average Bonchev–Trinajstić information content (AvgIpc) is 2.44. The summed E-state index contributed by atoms with van der Waals surface area (Å²) >= 11 is 0. The normalized spacial score (nSPS) is 22.0. The third-order valence-corrected chi connectivity index (χ3v) is 4.74. The quantitative estimate of drug-likeness (QED) is 0.897. The van der Waals surface area contributed by atoms with Crippen LogP contribution in [0.5, 0.6) is 0 Å². The molecular weight excluding hydrogens is 272 g/mol. The van der Waals surface area contributed by atoms with Gasteiger partial charge in [0.05, 0.1) is 11.6 Å². The summed E-state index contributed by atoms with van der Waals surface area (Å²) in [5.74, 6) is -0.933. The van der Waals surface area contributed by atoms with Gasteiger partial charge in [-0.2, -0.15) is 0 Å². The summed E-state index contributed by atoms with van der Waals surface area (Å²) in [7, 11) is 0. The van der Waals surface area contributed by atoms with E-state index in [0.29, 0.717) is 6.61 Å². The Balaban J connectivity index is 2.31. The van der Waals surface area contributed by atoms with E-state index in [1.165, 1.54) is 6.07 Å². The third-order valence-electron chi connectivity index (χ3n) is 4.74. The second-order valence-electron chi connectivity index (χ2n) is 6.81. The highest BCUT2D eigenvalue weighted by molar-refractivity contribution is 5.25. The Bertz CT molecular complexity index is 492. The summed E-state index contributed by atoms with van der Waals surface area (Å²) in [6.45, 7) is 6.87. The SMILES string of the molecule is CCOC1(C(N)c2cc(F)ccc2F)CCC(C)(C)CC1. The second-order valence-corrected chi connectivity index (χ2v) is 6.81. The van der Waals surface area contributed by atoms with Crippen molar-refractivity contribution in [1.82, 2.24) is 0 Å². The van der Waals surface area contributed by atoms with Crippen molar-refractivity contribution in [2.24, 2.45) is 11.1 Å². The third kappa shape index (κ3) is 3.43. The summed E-state index contributed by atoms with van der Waals surface area (Å²) in [5, 5.41) is 0. The van der Waals surface area contributed by atoms with Crippen LogP contribution in [0.15, 0.2) is 18.2 Å². The van der Waals surface area contributed by atoms with Crippen LogP contribution in [0, 0.1) is 17.0 Å². The largest absolute Gasteiger partial charge is 0.373 e. The molecule has 0 aromatic heterocycles. The van der Waals surface area contributed by atoms with E-state index in [9.17, 15) is 8.78 Å². The van der Waals surface area contributed by atoms with Crippen LogP contribution >= 0.6 is 0 Å². The van der Waals surface area contributed by atoms with Crippen molar-refractivity contribution >= 4 is 0 Å². The minimum absolute atomic E-state index is 0.211. The molecular formula is C17H25F2NO. The van der Waals surface area contributed by atoms with Gasteiger partial charge in [0.15, 0.2) is 0 Å². The van der Waals surface area contributed by atoms with Crippen LogP contribution in [0.25, 0.3) is 0 Å². The zero-order valence-electron chi connectivity index (χ0n) is 13.1. The number of ether oxygens (including phenoxy) is 1. The monoisotopic (exact) mass is 297 g/mol. The van der Waals surface area contributed by atoms with Crippen LogP contribution in [0.2, 0.25) is 0 Å². The first-order valence-corrected chi connectivity index (χ1v) is 7.64. The summed E-state index contributed by atoms with van der Waals surface area (Å²) in [6, 6.07) is 2.80. The molecule has 0 saturated heterocycles. The first-order chi connectivity index (χ1) is 9.80.